The largest absolute Gasteiger partial charge is 0.349 e. The van der Waals surface area contributed by atoms with Crippen LogP contribution in [0.4, 0.5) is 0 Å². The number of carbonyl (C=O) groups is 2. The van der Waals surface area contributed by atoms with Crippen molar-refractivity contribution in [3.05, 3.63) is 65.5 Å². The van der Waals surface area contributed by atoms with Crippen molar-refractivity contribution in [2.45, 2.75) is 64.5 Å². The van der Waals surface area contributed by atoms with Gasteiger partial charge in [0.25, 0.3) is 5.91 Å². The van der Waals surface area contributed by atoms with Crippen LogP contribution in [0.15, 0.2) is 48.7 Å². The lowest BCUT2D eigenvalue weighted by atomic mass is 9.95. The zero-order valence-electron chi connectivity index (χ0n) is 20.4. The highest BCUT2D eigenvalue weighted by Crippen LogP contribution is 2.31. The van der Waals surface area contributed by atoms with E-state index in [0.29, 0.717) is 25.6 Å². The van der Waals surface area contributed by atoms with Gasteiger partial charge >= 0.3 is 0 Å². The Bertz CT molecular complexity index is 917. The number of piperazine rings is 1. The molecular formula is C28H38N4O2. The smallest absolute Gasteiger partial charge is 0.253 e. The Morgan fingerprint density at radius 1 is 1.03 bits per heavy atom. The van der Waals surface area contributed by atoms with Crippen LogP contribution in [0.1, 0.15) is 67.1 Å². The van der Waals surface area contributed by atoms with Gasteiger partial charge < -0.3 is 10.2 Å². The summed E-state index contributed by atoms with van der Waals surface area (Å²) in [6.07, 6.45) is 9.76. The summed E-state index contributed by atoms with van der Waals surface area (Å²) >= 11 is 0. The number of amides is 2. The maximum atomic E-state index is 13.3. The minimum absolute atomic E-state index is 0.0960. The average Bonchev–Trinajstić information content (AvgIpc) is 3.42. The lowest BCUT2D eigenvalue weighted by molar-refractivity contribution is -0.129. The van der Waals surface area contributed by atoms with Gasteiger partial charge in [-0.25, -0.2) is 0 Å². The SMILES string of the molecule is CCCCc1ccc(C(=O)N2CCN(C(C(=O)NCc3ccccn3)C3CCCC3)CC2)cc1. The van der Waals surface area contributed by atoms with E-state index in [0.717, 1.165) is 43.6 Å². The van der Waals surface area contributed by atoms with Crippen molar-refractivity contribution in [1.82, 2.24) is 20.1 Å². The van der Waals surface area contributed by atoms with Gasteiger partial charge in [-0.3, -0.25) is 19.5 Å². The summed E-state index contributed by atoms with van der Waals surface area (Å²) in [6.45, 7) is 5.44. The third-order valence-electron chi connectivity index (χ3n) is 7.30. The molecule has 2 aliphatic rings. The van der Waals surface area contributed by atoms with Gasteiger partial charge in [-0.1, -0.05) is 44.4 Å². The van der Waals surface area contributed by atoms with Crippen molar-refractivity contribution >= 4 is 11.8 Å². The predicted molar refractivity (Wildman–Crippen MR) is 134 cm³/mol. The first-order valence-corrected chi connectivity index (χ1v) is 13.0. The fourth-order valence-corrected chi connectivity index (χ4v) is 5.32. The number of aryl methyl sites for hydroxylation is 1. The van der Waals surface area contributed by atoms with Crippen molar-refractivity contribution in [2.24, 2.45) is 5.92 Å². The molecule has 2 aromatic rings. The van der Waals surface area contributed by atoms with E-state index in [9.17, 15) is 9.59 Å². The van der Waals surface area contributed by atoms with Gasteiger partial charge in [-0.05, 0) is 61.4 Å². The zero-order valence-corrected chi connectivity index (χ0v) is 20.4. The van der Waals surface area contributed by atoms with Gasteiger partial charge in [0.2, 0.25) is 5.91 Å². The molecule has 34 heavy (non-hydrogen) atoms. The van der Waals surface area contributed by atoms with Crippen molar-refractivity contribution in [1.29, 1.82) is 0 Å². The molecule has 6 nitrogen and oxygen atoms in total. The summed E-state index contributed by atoms with van der Waals surface area (Å²) in [4.78, 5) is 34.9. The third-order valence-corrected chi connectivity index (χ3v) is 7.30. The van der Waals surface area contributed by atoms with Gasteiger partial charge in [-0.15, -0.1) is 0 Å². The molecule has 1 saturated carbocycles. The Balaban J connectivity index is 1.34. The van der Waals surface area contributed by atoms with Gasteiger partial charge in [0.15, 0.2) is 0 Å². The second kappa shape index (κ2) is 12.1. The lowest BCUT2D eigenvalue weighted by Crippen LogP contribution is -2.57. The highest BCUT2D eigenvalue weighted by molar-refractivity contribution is 5.94. The monoisotopic (exact) mass is 462 g/mol. The quantitative estimate of drug-likeness (QED) is 0.610. The van der Waals surface area contributed by atoms with Crippen LogP contribution in [0, 0.1) is 5.92 Å². The molecular weight excluding hydrogens is 424 g/mol. The standard InChI is InChI=1S/C28H38N4O2/c1-2-3-8-22-12-14-24(15-13-22)28(34)32-19-17-31(18-20-32)26(23-9-4-5-10-23)27(33)30-21-25-11-6-7-16-29-25/h6-7,11-16,23,26H,2-5,8-10,17-21H2,1H3,(H,30,33). The topological polar surface area (TPSA) is 65.5 Å². The second-order valence-electron chi connectivity index (χ2n) is 9.66. The number of rotatable bonds is 9. The van der Waals surface area contributed by atoms with Gasteiger partial charge in [-0.2, -0.15) is 0 Å². The van der Waals surface area contributed by atoms with E-state index in [-0.39, 0.29) is 17.9 Å². The summed E-state index contributed by atoms with van der Waals surface area (Å²) in [5.41, 5.74) is 2.92. The van der Waals surface area contributed by atoms with Gasteiger partial charge in [0, 0.05) is 37.9 Å². The normalized spacial score (nSPS) is 18.1. The summed E-state index contributed by atoms with van der Waals surface area (Å²) in [7, 11) is 0. The average molecular weight is 463 g/mol. The Kier molecular flexibility index (Phi) is 8.69. The summed E-state index contributed by atoms with van der Waals surface area (Å²) < 4.78 is 0. The lowest BCUT2D eigenvalue weighted by Gasteiger charge is -2.40. The van der Waals surface area contributed by atoms with Crippen LogP contribution in [-0.2, 0) is 17.8 Å². The fraction of sp³-hybridized carbons (Fsp3) is 0.536. The molecule has 4 rings (SSSR count). The number of aromatic nitrogens is 1. The molecule has 0 spiro atoms. The van der Waals surface area contributed by atoms with Crippen LogP contribution in [0.3, 0.4) is 0 Å². The summed E-state index contributed by atoms with van der Waals surface area (Å²) in [6, 6.07) is 13.7. The molecule has 1 aliphatic heterocycles. The van der Waals surface area contributed by atoms with Crippen molar-refractivity contribution in [3.63, 3.8) is 0 Å². The van der Waals surface area contributed by atoms with Crippen LogP contribution in [0.5, 0.6) is 0 Å². The Morgan fingerprint density at radius 3 is 2.41 bits per heavy atom. The molecule has 0 radical (unpaired) electrons. The van der Waals surface area contributed by atoms with Crippen molar-refractivity contribution in [2.75, 3.05) is 26.2 Å². The summed E-state index contributed by atoms with van der Waals surface area (Å²) in [5, 5.41) is 3.13. The molecule has 2 heterocycles. The number of carbonyl (C=O) groups excluding carboxylic acids is 2. The van der Waals surface area contributed by atoms with E-state index >= 15 is 0 Å². The maximum Gasteiger partial charge on any atom is 0.253 e. The fourth-order valence-electron chi connectivity index (χ4n) is 5.32. The Morgan fingerprint density at radius 2 is 1.76 bits per heavy atom. The maximum absolute atomic E-state index is 13.3. The molecule has 1 atom stereocenters. The first kappa shape index (κ1) is 24.4. The van der Waals surface area contributed by atoms with E-state index in [1.165, 1.54) is 31.2 Å². The highest BCUT2D eigenvalue weighted by atomic mass is 16.2. The molecule has 1 saturated heterocycles. The number of pyridine rings is 1. The van der Waals surface area contributed by atoms with Crippen LogP contribution in [-0.4, -0.2) is 58.8 Å². The minimum Gasteiger partial charge on any atom is -0.349 e. The molecule has 1 aliphatic carbocycles. The number of unbranched alkanes of at least 4 members (excludes halogenated alkanes) is 1. The molecule has 182 valence electrons. The Labute approximate surface area is 203 Å². The number of hydrogen-bond donors (Lipinski definition) is 1. The van der Waals surface area contributed by atoms with E-state index in [1.807, 2.05) is 35.2 Å². The van der Waals surface area contributed by atoms with Crippen molar-refractivity contribution in [3.8, 4) is 0 Å². The molecule has 1 N–H and O–H groups in total. The number of nitrogens with one attached hydrogen (secondary N) is 1. The minimum atomic E-state index is -0.124. The first-order valence-electron chi connectivity index (χ1n) is 13.0. The molecule has 0 bridgehead atoms. The molecule has 1 aromatic heterocycles. The molecule has 1 aromatic carbocycles. The van der Waals surface area contributed by atoms with E-state index in [1.54, 1.807) is 6.20 Å². The van der Waals surface area contributed by atoms with Crippen molar-refractivity contribution < 1.29 is 9.59 Å². The molecule has 6 heteroatoms. The van der Waals surface area contributed by atoms with E-state index in [2.05, 4.69) is 34.3 Å². The van der Waals surface area contributed by atoms with E-state index in [4.69, 9.17) is 0 Å². The van der Waals surface area contributed by atoms with Crippen LogP contribution in [0.25, 0.3) is 0 Å². The molecule has 2 fully saturated rings. The van der Waals surface area contributed by atoms with Crippen LogP contribution >= 0.6 is 0 Å². The molecule has 1 unspecified atom stereocenters. The predicted octanol–water partition coefficient (Wildman–Crippen LogP) is 4.06. The van der Waals surface area contributed by atoms with E-state index < -0.39 is 0 Å². The van der Waals surface area contributed by atoms with Gasteiger partial charge in [0.1, 0.15) is 0 Å². The summed E-state index contributed by atoms with van der Waals surface area (Å²) in [5.74, 6) is 0.584. The number of hydrogen-bond acceptors (Lipinski definition) is 4. The molecule has 2 amide bonds. The van der Waals surface area contributed by atoms with Crippen LogP contribution in [0.2, 0.25) is 0 Å². The number of benzene rings is 1. The number of nitrogens with zero attached hydrogens (tertiary/aromatic N) is 3. The second-order valence-corrected chi connectivity index (χ2v) is 9.66. The Hall–Kier alpha value is -2.73. The highest BCUT2D eigenvalue weighted by Gasteiger charge is 2.37. The first-order chi connectivity index (χ1) is 16.7. The van der Waals surface area contributed by atoms with Gasteiger partial charge in [0.05, 0.1) is 18.3 Å². The third kappa shape index (κ3) is 6.23. The van der Waals surface area contributed by atoms with Crippen LogP contribution < -0.4 is 5.32 Å². The zero-order chi connectivity index (χ0) is 23.8.